The van der Waals surface area contributed by atoms with Crippen LogP contribution in [0.3, 0.4) is 0 Å². The average Bonchev–Trinajstić information content (AvgIpc) is 2.39. The van der Waals surface area contributed by atoms with Crippen molar-refractivity contribution in [3.05, 3.63) is 55.3 Å². The highest BCUT2D eigenvalue weighted by atomic mass is 35.5. The molecule has 0 aliphatic heterocycles. The fraction of sp³-hybridized carbons (Fsp3) is 0.0909. The van der Waals surface area contributed by atoms with Crippen LogP contribution in [-0.4, -0.2) is 15.1 Å². The zero-order valence-corrected chi connectivity index (χ0v) is 12.0. The van der Waals surface area contributed by atoms with Crippen LogP contribution in [0.1, 0.15) is 5.69 Å². The summed E-state index contributed by atoms with van der Waals surface area (Å²) >= 11 is 17.4. The van der Waals surface area contributed by atoms with Crippen LogP contribution in [0.15, 0.2) is 24.3 Å². The molecule has 1 heterocycles. The van der Waals surface area contributed by atoms with Crippen LogP contribution in [0.2, 0.25) is 15.2 Å². The molecule has 0 aliphatic rings. The molecule has 0 unspecified atom stereocenters. The molecule has 2 aromatic rings. The molecule has 2 rings (SSSR count). The van der Waals surface area contributed by atoms with E-state index in [0.717, 1.165) is 12.1 Å². The Labute approximate surface area is 128 Å². The molecular formula is C11H6Cl3N3O3. The Bertz CT molecular complexity index is 626. The Morgan fingerprint density at radius 3 is 2.30 bits per heavy atom. The minimum Gasteiger partial charge on any atom is -0.484 e. The summed E-state index contributed by atoms with van der Waals surface area (Å²) in [6, 6.07) is 5.52. The van der Waals surface area contributed by atoms with Crippen LogP contribution in [0, 0.1) is 10.1 Å². The normalized spacial score (nSPS) is 10.3. The summed E-state index contributed by atoms with van der Waals surface area (Å²) in [4.78, 5) is 10.1. The van der Waals surface area contributed by atoms with E-state index in [9.17, 15) is 10.1 Å². The fourth-order valence-corrected chi connectivity index (χ4v) is 2.04. The number of non-ortho nitro benzene ring substituents is 1. The molecule has 9 heteroatoms. The third kappa shape index (κ3) is 3.47. The molecule has 1 aromatic carbocycles. The molecule has 1 aromatic heterocycles. The number of hydrogen-bond donors (Lipinski definition) is 0. The molecule has 0 aliphatic carbocycles. The lowest BCUT2D eigenvalue weighted by atomic mass is 10.3. The average molecular weight is 335 g/mol. The summed E-state index contributed by atoms with van der Waals surface area (Å²) in [6.07, 6.45) is 0. The number of aromatic nitrogens is 2. The number of nitrogens with zero attached hydrogens (tertiary/aromatic N) is 3. The minimum absolute atomic E-state index is 0.0473. The van der Waals surface area contributed by atoms with Gasteiger partial charge < -0.3 is 4.74 Å². The smallest absolute Gasteiger partial charge is 0.272 e. The highest BCUT2D eigenvalue weighted by Crippen LogP contribution is 2.37. The van der Waals surface area contributed by atoms with Gasteiger partial charge in [0, 0.05) is 12.1 Å². The van der Waals surface area contributed by atoms with Gasteiger partial charge in [0.25, 0.3) is 5.69 Å². The van der Waals surface area contributed by atoms with Gasteiger partial charge in [-0.1, -0.05) is 34.8 Å². The highest BCUT2D eigenvalue weighted by molar-refractivity contribution is 6.37. The van der Waals surface area contributed by atoms with Gasteiger partial charge in [-0.3, -0.25) is 10.1 Å². The third-order valence-electron chi connectivity index (χ3n) is 2.25. The summed E-state index contributed by atoms with van der Waals surface area (Å²) in [7, 11) is 0. The predicted octanol–water partition coefficient (Wildman–Crippen LogP) is 3.92. The summed E-state index contributed by atoms with van der Waals surface area (Å²) in [5, 5.41) is 18.5. The van der Waals surface area contributed by atoms with E-state index in [1.165, 1.54) is 0 Å². The van der Waals surface area contributed by atoms with Gasteiger partial charge in [-0.2, -0.15) is 5.10 Å². The van der Waals surface area contributed by atoms with Crippen LogP contribution in [0.5, 0.6) is 5.75 Å². The van der Waals surface area contributed by atoms with Crippen LogP contribution in [-0.2, 0) is 6.61 Å². The molecule has 0 fully saturated rings. The lowest BCUT2D eigenvalue weighted by molar-refractivity contribution is -0.384. The molecule has 0 saturated carbocycles. The first kappa shape index (κ1) is 14.8. The summed E-state index contributed by atoms with van der Waals surface area (Å²) in [5.41, 5.74) is 0.304. The van der Waals surface area contributed by atoms with Crippen molar-refractivity contribution in [2.45, 2.75) is 6.61 Å². The molecule has 0 radical (unpaired) electrons. The van der Waals surface area contributed by atoms with Crippen LogP contribution in [0.4, 0.5) is 5.69 Å². The first-order valence-corrected chi connectivity index (χ1v) is 6.35. The second-order valence-corrected chi connectivity index (χ2v) is 4.83. The topological polar surface area (TPSA) is 78.2 Å². The third-order valence-corrected chi connectivity index (χ3v) is 3.01. The molecular weight excluding hydrogens is 328 g/mol. The van der Waals surface area contributed by atoms with Crippen molar-refractivity contribution < 1.29 is 9.66 Å². The summed E-state index contributed by atoms with van der Waals surface area (Å²) < 4.78 is 5.40. The number of rotatable bonds is 4. The molecule has 0 atom stereocenters. The second-order valence-electron chi connectivity index (χ2n) is 3.63. The number of halogens is 3. The maximum Gasteiger partial charge on any atom is 0.272 e. The number of ether oxygens (including phenoxy) is 1. The monoisotopic (exact) mass is 333 g/mol. The van der Waals surface area contributed by atoms with E-state index < -0.39 is 4.92 Å². The van der Waals surface area contributed by atoms with Crippen LogP contribution >= 0.6 is 34.8 Å². The van der Waals surface area contributed by atoms with Gasteiger partial charge in [-0.05, 0) is 12.1 Å². The van der Waals surface area contributed by atoms with Crippen molar-refractivity contribution in [2.24, 2.45) is 0 Å². The van der Waals surface area contributed by atoms with E-state index in [0.29, 0.717) is 5.69 Å². The Hall–Kier alpha value is -1.63. The molecule has 0 amide bonds. The number of hydrogen-bond acceptors (Lipinski definition) is 5. The summed E-state index contributed by atoms with van der Waals surface area (Å²) in [5.74, 6) is 0.149. The SMILES string of the molecule is O=[N+]([O-])c1cc(Cl)c(OCc2ccc(Cl)nn2)c(Cl)c1. The van der Waals surface area contributed by atoms with E-state index in [1.807, 2.05) is 0 Å². The van der Waals surface area contributed by atoms with Crippen molar-refractivity contribution in [2.75, 3.05) is 0 Å². The molecule has 0 spiro atoms. The first-order valence-electron chi connectivity index (χ1n) is 5.21. The maximum atomic E-state index is 10.6. The number of nitro benzene ring substituents is 1. The van der Waals surface area contributed by atoms with E-state index >= 15 is 0 Å². The van der Waals surface area contributed by atoms with E-state index in [1.54, 1.807) is 12.1 Å². The van der Waals surface area contributed by atoms with Gasteiger partial charge in [0.15, 0.2) is 10.9 Å². The molecule has 20 heavy (non-hydrogen) atoms. The molecule has 104 valence electrons. The largest absolute Gasteiger partial charge is 0.484 e. The fourth-order valence-electron chi connectivity index (χ4n) is 1.36. The van der Waals surface area contributed by atoms with Crippen LogP contribution < -0.4 is 4.74 Å². The van der Waals surface area contributed by atoms with Crippen molar-refractivity contribution in [3.63, 3.8) is 0 Å². The second kappa shape index (κ2) is 6.21. The van der Waals surface area contributed by atoms with Crippen molar-refractivity contribution in [1.29, 1.82) is 0 Å². The lowest BCUT2D eigenvalue weighted by Gasteiger charge is -2.09. The molecule has 0 saturated heterocycles. The van der Waals surface area contributed by atoms with Crippen LogP contribution in [0.25, 0.3) is 0 Å². The number of nitro groups is 1. The number of benzene rings is 1. The predicted molar refractivity (Wildman–Crippen MR) is 74.5 cm³/mol. The molecule has 6 nitrogen and oxygen atoms in total. The molecule has 0 N–H and O–H groups in total. The van der Waals surface area contributed by atoms with Gasteiger partial charge in [0.2, 0.25) is 0 Å². The standard InChI is InChI=1S/C11H6Cl3N3O3/c12-8-3-7(17(18)19)4-9(13)11(8)20-5-6-1-2-10(14)16-15-6/h1-4H,5H2. The van der Waals surface area contributed by atoms with Gasteiger partial charge in [-0.25, -0.2) is 0 Å². The van der Waals surface area contributed by atoms with Crippen molar-refractivity contribution >= 4 is 40.5 Å². The van der Waals surface area contributed by atoms with Gasteiger partial charge in [0.1, 0.15) is 12.3 Å². The van der Waals surface area contributed by atoms with Crippen molar-refractivity contribution in [3.8, 4) is 5.75 Å². The van der Waals surface area contributed by atoms with Crippen molar-refractivity contribution in [1.82, 2.24) is 10.2 Å². The summed E-state index contributed by atoms with van der Waals surface area (Å²) in [6.45, 7) is 0.0570. The quantitative estimate of drug-likeness (QED) is 0.625. The zero-order valence-electron chi connectivity index (χ0n) is 9.72. The maximum absolute atomic E-state index is 10.6. The molecule has 0 bridgehead atoms. The first-order chi connectivity index (χ1) is 9.47. The Morgan fingerprint density at radius 2 is 1.80 bits per heavy atom. The zero-order chi connectivity index (χ0) is 14.7. The van der Waals surface area contributed by atoms with Gasteiger partial charge in [-0.15, -0.1) is 5.10 Å². The highest BCUT2D eigenvalue weighted by Gasteiger charge is 2.16. The Balaban J connectivity index is 2.17. The van der Waals surface area contributed by atoms with E-state index in [2.05, 4.69) is 10.2 Å². The van der Waals surface area contributed by atoms with Gasteiger partial charge in [0.05, 0.1) is 15.0 Å². The van der Waals surface area contributed by atoms with E-state index in [-0.39, 0.29) is 33.2 Å². The van der Waals surface area contributed by atoms with Gasteiger partial charge >= 0.3 is 0 Å². The Kier molecular flexibility index (Phi) is 4.59. The Morgan fingerprint density at radius 1 is 1.15 bits per heavy atom. The lowest BCUT2D eigenvalue weighted by Crippen LogP contribution is -2.01. The van der Waals surface area contributed by atoms with E-state index in [4.69, 9.17) is 39.5 Å². The minimum atomic E-state index is -0.591.